The molecule has 0 N–H and O–H groups in total. The van der Waals surface area contributed by atoms with Gasteiger partial charge in [0.1, 0.15) is 5.60 Å². The van der Waals surface area contributed by atoms with Crippen molar-refractivity contribution in [3.05, 3.63) is 29.3 Å². The van der Waals surface area contributed by atoms with E-state index in [-0.39, 0.29) is 12.1 Å². The smallest absolute Gasteiger partial charge is 0.414 e. The third-order valence-corrected chi connectivity index (χ3v) is 3.01. The molecule has 1 aliphatic heterocycles. The number of carbonyl (C=O) groups excluding carboxylic acids is 2. The number of anilines is 1. The van der Waals surface area contributed by atoms with Gasteiger partial charge in [-0.05, 0) is 51.0 Å². The summed E-state index contributed by atoms with van der Waals surface area (Å²) >= 11 is 0. The standard InChI is InChI=1S/C15H19NO4/c1-15(2,3)20-14(18)16-8-7-10-9-11(13(17)19-4)5-6-12(10)16/h5-6,9H,7-8H2,1-4H3. The van der Waals surface area contributed by atoms with Crippen molar-refractivity contribution in [3.63, 3.8) is 0 Å². The lowest BCUT2D eigenvalue weighted by Gasteiger charge is -2.24. The Hall–Kier alpha value is -2.04. The molecule has 1 amide bonds. The van der Waals surface area contributed by atoms with E-state index in [2.05, 4.69) is 0 Å². The van der Waals surface area contributed by atoms with Crippen molar-refractivity contribution in [2.45, 2.75) is 32.8 Å². The van der Waals surface area contributed by atoms with Gasteiger partial charge in [-0.15, -0.1) is 0 Å². The molecule has 0 aliphatic carbocycles. The van der Waals surface area contributed by atoms with E-state index in [9.17, 15) is 9.59 Å². The Bertz CT molecular complexity index is 545. The zero-order chi connectivity index (χ0) is 14.9. The normalized spacial score (nSPS) is 13.9. The fourth-order valence-electron chi connectivity index (χ4n) is 2.15. The monoisotopic (exact) mass is 277 g/mol. The van der Waals surface area contributed by atoms with Crippen molar-refractivity contribution in [1.82, 2.24) is 0 Å². The molecule has 0 unspecified atom stereocenters. The number of amides is 1. The topological polar surface area (TPSA) is 55.8 Å². The van der Waals surface area contributed by atoms with Crippen LogP contribution >= 0.6 is 0 Å². The van der Waals surface area contributed by atoms with Crippen molar-refractivity contribution < 1.29 is 19.1 Å². The Balaban J connectivity index is 2.21. The number of fused-ring (bicyclic) bond motifs is 1. The van der Waals surface area contributed by atoms with Crippen LogP contribution in [0.5, 0.6) is 0 Å². The molecular formula is C15H19NO4. The second-order valence-corrected chi connectivity index (χ2v) is 5.72. The lowest BCUT2D eigenvalue weighted by molar-refractivity contribution is 0.0580. The number of nitrogens with zero attached hydrogens (tertiary/aromatic N) is 1. The number of carbonyl (C=O) groups is 2. The van der Waals surface area contributed by atoms with E-state index in [1.54, 1.807) is 23.1 Å². The second kappa shape index (κ2) is 5.15. The van der Waals surface area contributed by atoms with Crippen LogP contribution < -0.4 is 4.90 Å². The van der Waals surface area contributed by atoms with Crippen LogP contribution in [0, 0.1) is 0 Å². The van der Waals surface area contributed by atoms with Crippen LogP contribution in [0.3, 0.4) is 0 Å². The number of ether oxygens (including phenoxy) is 2. The lowest BCUT2D eigenvalue weighted by Crippen LogP contribution is -2.35. The van der Waals surface area contributed by atoms with Crippen LogP contribution in [-0.2, 0) is 15.9 Å². The number of rotatable bonds is 1. The molecule has 5 nitrogen and oxygen atoms in total. The average molecular weight is 277 g/mol. The molecule has 0 bridgehead atoms. The predicted molar refractivity (Wildman–Crippen MR) is 75.1 cm³/mol. The minimum atomic E-state index is -0.522. The van der Waals surface area contributed by atoms with Gasteiger partial charge in [0, 0.05) is 6.54 Å². The molecule has 5 heteroatoms. The Morgan fingerprint density at radius 3 is 2.55 bits per heavy atom. The summed E-state index contributed by atoms with van der Waals surface area (Å²) in [5.41, 5.74) is 1.73. The first-order valence-corrected chi connectivity index (χ1v) is 6.53. The van der Waals surface area contributed by atoms with E-state index in [0.717, 1.165) is 11.3 Å². The summed E-state index contributed by atoms with van der Waals surface area (Å²) < 4.78 is 10.1. The maximum Gasteiger partial charge on any atom is 0.414 e. The van der Waals surface area contributed by atoms with Crippen LogP contribution in [0.2, 0.25) is 0 Å². The van der Waals surface area contributed by atoms with Crippen LogP contribution in [-0.4, -0.2) is 31.3 Å². The van der Waals surface area contributed by atoms with Crippen molar-refractivity contribution >= 4 is 17.7 Å². The van der Waals surface area contributed by atoms with Crippen LogP contribution in [0.1, 0.15) is 36.7 Å². The summed E-state index contributed by atoms with van der Waals surface area (Å²) in [6.45, 7) is 6.07. The molecule has 0 radical (unpaired) electrons. The molecule has 20 heavy (non-hydrogen) atoms. The third-order valence-electron chi connectivity index (χ3n) is 3.01. The Kier molecular flexibility index (Phi) is 3.70. The minimum absolute atomic E-state index is 0.359. The summed E-state index contributed by atoms with van der Waals surface area (Å²) in [6, 6.07) is 5.19. The van der Waals surface area contributed by atoms with Crippen LogP contribution in [0.4, 0.5) is 10.5 Å². The number of esters is 1. The summed E-state index contributed by atoms with van der Waals surface area (Å²) in [7, 11) is 1.35. The molecule has 2 rings (SSSR count). The van der Waals surface area contributed by atoms with Crippen molar-refractivity contribution in [2.75, 3.05) is 18.6 Å². The van der Waals surface area contributed by atoms with E-state index in [4.69, 9.17) is 9.47 Å². The molecule has 1 heterocycles. The molecule has 0 atom stereocenters. The largest absolute Gasteiger partial charge is 0.465 e. The van der Waals surface area contributed by atoms with E-state index in [1.807, 2.05) is 20.8 Å². The minimum Gasteiger partial charge on any atom is -0.465 e. The third kappa shape index (κ3) is 2.92. The highest BCUT2D eigenvalue weighted by molar-refractivity contribution is 5.94. The van der Waals surface area contributed by atoms with E-state index in [1.165, 1.54) is 7.11 Å². The lowest BCUT2D eigenvalue weighted by atomic mass is 10.1. The number of hydrogen-bond acceptors (Lipinski definition) is 4. The fourth-order valence-corrected chi connectivity index (χ4v) is 2.15. The highest BCUT2D eigenvalue weighted by Gasteiger charge is 2.29. The van der Waals surface area contributed by atoms with Gasteiger partial charge in [-0.25, -0.2) is 9.59 Å². The summed E-state index contributed by atoms with van der Waals surface area (Å²) in [5.74, 6) is -0.372. The number of methoxy groups -OCH3 is 1. The summed E-state index contributed by atoms with van der Waals surface area (Å²) in [5, 5.41) is 0. The highest BCUT2D eigenvalue weighted by Crippen LogP contribution is 2.30. The Morgan fingerprint density at radius 2 is 1.95 bits per heavy atom. The molecule has 108 valence electrons. The summed E-state index contributed by atoms with van der Waals surface area (Å²) in [6.07, 6.45) is 0.349. The fraction of sp³-hybridized carbons (Fsp3) is 0.467. The van der Waals surface area contributed by atoms with Crippen LogP contribution in [0.15, 0.2) is 18.2 Å². The van der Waals surface area contributed by atoms with Crippen molar-refractivity contribution in [3.8, 4) is 0 Å². The van der Waals surface area contributed by atoms with Gasteiger partial charge in [0.15, 0.2) is 0 Å². The molecule has 1 aliphatic rings. The van der Waals surface area contributed by atoms with Gasteiger partial charge < -0.3 is 9.47 Å². The zero-order valence-corrected chi connectivity index (χ0v) is 12.2. The van der Waals surface area contributed by atoms with Gasteiger partial charge in [-0.2, -0.15) is 0 Å². The van der Waals surface area contributed by atoms with Gasteiger partial charge in [0.2, 0.25) is 0 Å². The zero-order valence-electron chi connectivity index (χ0n) is 12.2. The predicted octanol–water partition coefficient (Wildman–Crippen LogP) is 2.77. The molecule has 0 aromatic heterocycles. The van der Waals surface area contributed by atoms with Gasteiger partial charge >= 0.3 is 12.1 Å². The van der Waals surface area contributed by atoms with Crippen molar-refractivity contribution in [2.24, 2.45) is 0 Å². The Labute approximate surface area is 118 Å². The van der Waals surface area contributed by atoms with Gasteiger partial charge in [-0.1, -0.05) is 0 Å². The molecular weight excluding hydrogens is 258 g/mol. The molecule has 0 saturated heterocycles. The average Bonchev–Trinajstić information content (AvgIpc) is 2.78. The van der Waals surface area contributed by atoms with E-state index >= 15 is 0 Å². The number of hydrogen-bond donors (Lipinski definition) is 0. The molecule has 0 spiro atoms. The maximum atomic E-state index is 12.1. The Morgan fingerprint density at radius 1 is 1.25 bits per heavy atom. The summed E-state index contributed by atoms with van der Waals surface area (Å²) in [4.78, 5) is 25.2. The van der Waals surface area contributed by atoms with Gasteiger partial charge in [0.25, 0.3) is 0 Å². The first kappa shape index (κ1) is 14.4. The maximum absolute atomic E-state index is 12.1. The molecule has 0 saturated carbocycles. The van der Waals surface area contributed by atoms with E-state index < -0.39 is 5.60 Å². The molecule has 0 fully saturated rings. The van der Waals surface area contributed by atoms with E-state index in [0.29, 0.717) is 18.5 Å². The number of benzene rings is 1. The molecule has 1 aromatic carbocycles. The second-order valence-electron chi connectivity index (χ2n) is 5.72. The SMILES string of the molecule is COC(=O)c1ccc2c(c1)CCN2C(=O)OC(C)(C)C. The first-order valence-electron chi connectivity index (χ1n) is 6.53. The van der Waals surface area contributed by atoms with Crippen molar-refractivity contribution in [1.29, 1.82) is 0 Å². The molecule has 1 aromatic rings. The first-order chi connectivity index (χ1) is 9.31. The van der Waals surface area contributed by atoms with Crippen LogP contribution in [0.25, 0.3) is 0 Å². The van der Waals surface area contributed by atoms with Gasteiger partial charge in [0.05, 0.1) is 18.4 Å². The quantitative estimate of drug-likeness (QED) is 0.741. The highest BCUT2D eigenvalue weighted by atomic mass is 16.6. The van der Waals surface area contributed by atoms with Gasteiger partial charge in [-0.3, -0.25) is 4.90 Å².